The number of H-pyrrole nitrogens is 1. The number of nitrogen functional groups attached to an aromatic ring is 1. The van der Waals surface area contributed by atoms with E-state index in [0.717, 1.165) is 80.5 Å². The van der Waals surface area contributed by atoms with E-state index in [1.165, 1.54) is 6.33 Å². The number of ether oxygens (including phenoxy) is 3. The number of nitrogens with one attached hydrogen (secondary N) is 1. The maximum absolute atomic E-state index is 6.35. The average molecular weight is 474 g/mol. The lowest BCUT2D eigenvalue weighted by molar-refractivity contribution is 0.0259. The third-order valence-corrected chi connectivity index (χ3v) is 6.39. The number of pyridine rings is 1. The fourth-order valence-electron chi connectivity index (χ4n) is 4.47. The predicted molar refractivity (Wildman–Crippen MR) is 132 cm³/mol. The van der Waals surface area contributed by atoms with Crippen LogP contribution in [0, 0.1) is 0 Å². The quantitative estimate of drug-likeness (QED) is 0.421. The van der Waals surface area contributed by atoms with Gasteiger partial charge in [0.15, 0.2) is 5.65 Å². The normalized spacial score (nSPS) is 17.1. The summed E-state index contributed by atoms with van der Waals surface area (Å²) in [5.74, 6) is 2.31. The molecule has 3 aromatic heterocycles. The Labute approximate surface area is 202 Å². The smallest absolute Gasteiger partial charge is 0.181 e. The van der Waals surface area contributed by atoms with Crippen LogP contribution in [-0.2, 0) is 9.47 Å². The first-order chi connectivity index (χ1) is 17.2. The molecule has 2 fully saturated rings. The van der Waals surface area contributed by atoms with Crippen molar-refractivity contribution in [3.63, 3.8) is 0 Å². The van der Waals surface area contributed by atoms with E-state index < -0.39 is 0 Å². The summed E-state index contributed by atoms with van der Waals surface area (Å²) in [6.07, 6.45) is 5.21. The molecule has 6 rings (SSSR count). The van der Waals surface area contributed by atoms with E-state index in [4.69, 9.17) is 19.9 Å². The van der Waals surface area contributed by atoms with Gasteiger partial charge < -0.3 is 29.8 Å². The van der Waals surface area contributed by atoms with Crippen LogP contribution in [0.4, 0.5) is 11.5 Å². The number of nitrogens with zero attached hydrogens (tertiary/aromatic N) is 5. The van der Waals surface area contributed by atoms with Gasteiger partial charge in [0, 0.05) is 43.3 Å². The molecule has 2 aliphatic rings. The molecule has 0 unspecified atom stereocenters. The summed E-state index contributed by atoms with van der Waals surface area (Å²) < 4.78 is 16.9. The zero-order valence-electron chi connectivity index (χ0n) is 19.3. The van der Waals surface area contributed by atoms with Crippen molar-refractivity contribution in [2.45, 2.75) is 18.9 Å². The predicted octanol–water partition coefficient (Wildman–Crippen LogP) is 3.06. The molecular formula is C25H27N7O3. The highest BCUT2D eigenvalue weighted by Crippen LogP contribution is 2.32. The number of hydrogen-bond acceptors (Lipinski definition) is 9. The number of benzene rings is 1. The number of imidazole rings is 1. The van der Waals surface area contributed by atoms with E-state index in [9.17, 15) is 0 Å². The van der Waals surface area contributed by atoms with Gasteiger partial charge in [-0.2, -0.15) is 0 Å². The SMILES string of the molecule is Nc1cc(-c2ncnc3nc(-c4ccc(N5CCOCC5)nc4)[nH]c23)ccc1OC1CCOCC1. The Balaban J connectivity index is 1.26. The molecule has 2 saturated heterocycles. The van der Waals surface area contributed by atoms with E-state index in [1.54, 1.807) is 0 Å². The summed E-state index contributed by atoms with van der Waals surface area (Å²) in [6, 6.07) is 9.78. The first-order valence-electron chi connectivity index (χ1n) is 11.9. The standard InChI is InChI=1S/C25H27N7O3/c26-19-13-16(1-3-20(19)35-18-5-9-33-10-6-18)22-23-25(29-15-28-22)31-24(30-23)17-2-4-21(27-14-17)32-7-11-34-12-8-32/h1-4,13-15,18H,5-12,26H2,(H,28,29,30,31). The number of fused-ring (bicyclic) bond motifs is 1. The molecule has 0 spiro atoms. The molecule has 0 saturated carbocycles. The van der Waals surface area contributed by atoms with Crippen molar-refractivity contribution in [1.82, 2.24) is 24.9 Å². The first-order valence-corrected chi connectivity index (χ1v) is 11.9. The number of rotatable bonds is 5. The van der Waals surface area contributed by atoms with Crippen LogP contribution >= 0.6 is 0 Å². The van der Waals surface area contributed by atoms with Crippen LogP contribution in [0.5, 0.6) is 5.75 Å². The Morgan fingerprint density at radius 3 is 2.51 bits per heavy atom. The number of aromatic amines is 1. The molecule has 10 heteroatoms. The van der Waals surface area contributed by atoms with Crippen molar-refractivity contribution in [3.8, 4) is 28.4 Å². The van der Waals surface area contributed by atoms with Gasteiger partial charge in [0.1, 0.15) is 35.3 Å². The van der Waals surface area contributed by atoms with Crippen molar-refractivity contribution in [2.75, 3.05) is 50.2 Å². The molecule has 0 amide bonds. The van der Waals surface area contributed by atoms with E-state index in [1.807, 2.05) is 36.5 Å². The minimum absolute atomic E-state index is 0.126. The third kappa shape index (κ3) is 4.50. The number of nitrogens with two attached hydrogens (primary N) is 1. The highest BCUT2D eigenvalue weighted by Gasteiger charge is 2.18. The van der Waals surface area contributed by atoms with Gasteiger partial charge in [-0.1, -0.05) is 0 Å². The zero-order chi connectivity index (χ0) is 23.6. The molecule has 180 valence electrons. The van der Waals surface area contributed by atoms with Gasteiger partial charge in [-0.25, -0.2) is 19.9 Å². The Bertz CT molecular complexity index is 1310. The lowest BCUT2D eigenvalue weighted by atomic mass is 10.1. The molecule has 5 heterocycles. The van der Waals surface area contributed by atoms with E-state index in [-0.39, 0.29) is 6.10 Å². The van der Waals surface area contributed by atoms with Crippen molar-refractivity contribution in [1.29, 1.82) is 0 Å². The summed E-state index contributed by atoms with van der Waals surface area (Å²) in [7, 11) is 0. The zero-order valence-corrected chi connectivity index (χ0v) is 19.3. The molecule has 4 aromatic rings. The van der Waals surface area contributed by atoms with Gasteiger partial charge in [-0.15, -0.1) is 0 Å². The van der Waals surface area contributed by atoms with Crippen LogP contribution in [0.1, 0.15) is 12.8 Å². The summed E-state index contributed by atoms with van der Waals surface area (Å²) in [4.78, 5) is 23.8. The van der Waals surface area contributed by atoms with E-state index in [2.05, 4.69) is 29.8 Å². The largest absolute Gasteiger partial charge is 0.488 e. The number of aromatic nitrogens is 5. The van der Waals surface area contributed by atoms with Gasteiger partial charge in [0.25, 0.3) is 0 Å². The Kier molecular flexibility index (Phi) is 5.89. The van der Waals surface area contributed by atoms with E-state index >= 15 is 0 Å². The first kappa shape index (κ1) is 21.8. The number of anilines is 2. The summed E-state index contributed by atoms with van der Waals surface area (Å²) >= 11 is 0. The average Bonchev–Trinajstić information content (AvgIpc) is 3.36. The highest BCUT2D eigenvalue weighted by atomic mass is 16.5. The number of hydrogen-bond donors (Lipinski definition) is 2. The fourth-order valence-corrected chi connectivity index (χ4v) is 4.47. The maximum Gasteiger partial charge on any atom is 0.181 e. The van der Waals surface area contributed by atoms with Crippen LogP contribution in [0.15, 0.2) is 42.9 Å². The minimum atomic E-state index is 0.126. The summed E-state index contributed by atoms with van der Waals surface area (Å²) in [6.45, 7) is 4.57. The Morgan fingerprint density at radius 1 is 0.943 bits per heavy atom. The lowest BCUT2D eigenvalue weighted by Gasteiger charge is -2.27. The van der Waals surface area contributed by atoms with Gasteiger partial charge in [-0.05, 0) is 30.3 Å². The molecule has 1 aromatic carbocycles. The molecule has 2 aliphatic heterocycles. The molecule has 0 bridgehead atoms. The van der Waals surface area contributed by atoms with Gasteiger partial charge in [-0.3, -0.25) is 0 Å². The van der Waals surface area contributed by atoms with Gasteiger partial charge in [0.05, 0.1) is 37.8 Å². The lowest BCUT2D eigenvalue weighted by Crippen LogP contribution is -2.36. The van der Waals surface area contributed by atoms with Crippen LogP contribution < -0.4 is 15.4 Å². The minimum Gasteiger partial charge on any atom is -0.488 e. The molecule has 0 aliphatic carbocycles. The second-order valence-corrected chi connectivity index (χ2v) is 8.69. The molecule has 10 nitrogen and oxygen atoms in total. The molecule has 0 radical (unpaired) electrons. The second-order valence-electron chi connectivity index (χ2n) is 8.69. The van der Waals surface area contributed by atoms with Crippen LogP contribution in [0.3, 0.4) is 0 Å². The molecule has 0 atom stereocenters. The number of morpholine rings is 1. The maximum atomic E-state index is 6.35. The van der Waals surface area contributed by atoms with Gasteiger partial charge in [0.2, 0.25) is 0 Å². The summed E-state index contributed by atoms with van der Waals surface area (Å²) in [5, 5.41) is 0. The van der Waals surface area contributed by atoms with Crippen molar-refractivity contribution >= 4 is 22.7 Å². The third-order valence-electron chi connectivity index (χ3n) is 6.39. The monoisotopic (exact) mass is 473 g/mol. The molecule has 35 heavy (non-hydrogen) atoms. The molecule has 3 N–H and O–H groups in total. The summed E-state index contributed by atoms with van der Waals surface area (Å²) in [5.41, 5.74) is 10.7. The topological polar surface area (TPSA) is 124 Å². The van der Waals surface area contributed by atoms with Crippen LogP contribution in [0.25, 0.3) is 33.8 Å². The Hall–Kier alpha value is -3.76. The van der Waals surface area contributed by atoms with Crippen molar-refractivity contribution in [2.24, 2.45) is 0 Å². The van der Waals surface area contributed by atoms with Gasteiger partial charge >= 0.3 is 0 Å². The van der Waals surface area contributed by atoms with Crippen LogP contribution in [-0.4, -0.2) is 70.5 Å². The highest BCUT2D eigenvalue weighted by molar-refractivity contribution is 5.90. The fraction of sp³-hybridized carbons (Fsp3) is 0.360. The van der Waals surface area contributed by atoms with Crippen molar-refractivity contribution in [3.05, 3.63) is 42.9 Å². The van der Waals surface area contributed by atoms with Crippen molar-refractivity contribution < 1.29 is 14.2 Å². The molecular weight excluding hydrogens is 446 g/mol. The van der Waals surface area contributed by atoms with Crippen LogP contribution in [0.2, 0.25) is 0 Å². The van der Waals surface area contributed by atoms with E-state index in [0.29, 0.717) is 22.9 Å². The Morgan fingerprint density at radius 2 is 1.74 bits per heavy atom. The second kappa shape index (κ2) is 9.47.